The van der Waals surface area contributed by atoms with Crippen LogP contribution in [0.3, 0.4) is 0 Å². The summed E-state index contributed by atoms with van der Waals surface area (Å²) in [5.74, 6) is 0.617. The predicted molar refractivity (Wildman–Crippen MR) is 83.9 cm³/mol. The summed E-state index contributed by atoms with van der Waals surface area (Å²) in [5.41, 5.74) is 0.993. The largest absolute Gasteiger partial charge is 0.491 e. The van der Waals surface area contributed by atoms with Crippen molar-refractivity contribution < 1.29 is 19.1 Å². The summed E-state index contributed by atoms with van der Waals surface area (Å²) in [4.78, 5) is 23.0. The Hall–Kier alpha value is -2.08. The number of nitrogens with one attached hydrogen (secondary N) is 2. The molecule has 2 amide bonds. The molecule has 2 aliphatic heterocycles. The van der Waals surface area contributed by atoms with Crippen LogP contribution in [0.2, 0.25) is 0 Å². The van der Waals surface area contributed by atoms with Crippen LogP contribution in [-0.4, -0.2) is 37.2 Å². The topological polar surface area (TPSA) is 76.7 Å². The number of hydrogen-bond acceptors (Lipinski definition) is 4. The van der Waals surface area contributed by atoms with Gasteiger partial charge in [0.25, 0.3) is 0 Å². The second-order valence-corrected chi connectivity index (χ2v) is 5.97. The van der Waals surface area contributed by atoms with Gasteiger partial charge in [0, 0.05) is 19.6 Å². The van der Waals surface area contributed by atoms with Gasteiger partial charge in [-0.15, -0.1) is 0 Å². The fraction of sp³-hybridized carbons (Fsp3) is 0.529. The summed E-state index contributed by atoms with van der Waals surface area (Å²) >= 11 is 0. The highest BCUT2D eigenvalue weighted by molar-refractivity contribution is 5.90. The maximum atomic E-state index is 11.9. The Labute approximate surface area is 135 Å². The molecule has 0 aromatic heterocycles. The zero-order valence-corrected chi connectivity index (χ0v) is 13.0. The van der Waals surface area contributed by atoms with Crippen LogP contribution in [0, 0.1) is 0 Å². The summed E-state index contributed by atoms with van der Waals surface area (Å²) in [5, 5.41) is 5.50. The lowest BCUT2D eigenvalue weighted by Gasteiger charge is -2.13. The summed E-state index contributed by atoms with van der Waals surface area (Å²) in [6.07, 6.45) is 3.36. The summed E-state index contributed by atoms with van der Waals surface area (Å²) in [7, 11) is 0. The normalized spacial score (nSPS) is 23.6. The minimum atomic E-state index is -0.392. The molecule has 0 spiro atoms. The molecule has 0 radical (unpaired) electrons. The first-order valence-electron chi connectivity index (χ1n) is 8.11. The van der Waals surface area contributed by atoms with E-state index in [4.69, 9.17) is 9.47 Å². The van der Waals surface area contributed by atoms with Gasteiger partial charge in [0.1, 0.15) is 18.4 Å². The molecule has 1 aromatic rings. The first-order chi connectivity index (χ1) is 11.2. The zero-order chi connectivity index (χ0) is 16.1. The summed E-state index contributed by atoms with van der Waals surface area (Å²) in [6, 6.07) is 7.26. The number of carbonyl (C=O) groups is 2. The molecule has 2 aliphatic rings. The van der Waals surface area contributed by atoms with E-state index in [9.17, 15) is 9.59 Å². The zero-order valence-electron chi connectivity index (χ0n) is 13.0. The molecule has 0 saturated carbocycles. The number of ether oxygens (including phenoxy) is 2. The van der Waals surface area contributed by atoms with Crippen molar-refractivity contribution >= 4 is 11.8 Å². The van der Waals surface area contributed by atoms with Crippen LogP contribution >= 0.6 is 0 Å². The minimum absolute atomic E-state index is 0.0575. The average molecular weight is 318 g/mol. The smallest absolute Gasteiger partial charge is 0.242 e. The molecule has 2 fully saturated rings. The molecule has 124 valence electrons. The molecular weight excluding hydrogens is 296 g/mol. The minimum Gasteiger partial charge on any atom is -0.491 e. The number of amides is 2. The Kier molecular flexibility index (Phi) is 5.12. The van der Waals surface area contributed by atoms with Crippen molar-refractivity contribution in [3.63, 3.8) is 0 Å². The molecule has 6 heteroatoms. The van der Waals surface area contributed by atoms with E-state index in [2.05, 4.69) is 10.6 Å². The molecule has 6 nitrogen and oxygen atoms in total. The van der Waals surface area contributed by atoms with Gasteiger partial charge in [-0.05, 0) is 37.0 Å². The van der Waals surface area contributed by atoms with E-state index in [0.29, 0.717) is 26.0 Å². The summed E-state index contributed by atoms with van der Waals surface area (Å²) in [6.45, 7) is 1.85. The molecule has 2 saturated heterocycles. The maximum Gasteiger partial charge on any atom is 0.242 e. The summed E-state index contributed by atoms with van der Waals surface area (Å²) < 4.78 is 11.2. The Balaban J connectivity index is 1.42. The lowest BCUT2D eigenvalue weighted by atomic mass is 10.2. The van der Waals surface area contributed by atoms with Crippen LogP contribution in [0.5, 0.6) is 5.75 Å². The molecule has 23 heavy (non-hydrogen) atoms. The van der Waals surface area contributed by atoms with Gasteiger partial charge in [0.05, 0.1) is 6.10 Å². The first kappa shape index (κ1) is 15.8. The second-order valence-electron chi connectivity index (χ2n) is 5.97. The SMILES string of the molecule is O=C1CC[C@H](C(=O)NCc2ccc(OC[C@H]3CCCO3)cc2)N1. The van der Waals surface area contributed by atoms with E-state index in [0.717, 1.165) is 30.8 Å². The Morgan fingerprint density at radius 1 is 1.30 bits per heavy atom. The molecule has 3 rings (SSSR count). The standard InChI is InChI=1S/C17H22N2O4/c20-16-8-7-15(19-16)17(21)18-10-12-3-5-13(6-4-12)23-11-14-2-1-9-22-14/h3-6,14-15H,1-2,7-11H2,(H,18,21)(H,19,20)/t14-,15-/m1/s1. The second kappa shape index (κ2) is 7.46. The lowest BCUT2D eigenvalue weighted by molar-refractivity contribution is -0.125. The monoisotopic (exact) mass is 318 g/mol. The predicted octanol–water partition coefficient (Wildman–Crippen LogP) is 1.14. The third-order valence-electron chi connectivity index (χ3n) is 4.16. The number of hydrogen-bond donors (Lipinski definition) is 2. The van der Waals surface area contributed by atoms with Crippen LogP contribution in [0.25, 0.3) is 0 Å². The molecule has 0 bridgehead atoms. The molecule has 2 N–H and O–H groups in total. The highest BCUT2D eigenvalue weighted by Gasteiger charge is 2.26. The van der Waals surface area contributed by atoms with Gasteiger partial charge in [-0.2, -0.15) is 0 Å². The van der Waals surface area contributed by atoms with E-state index in [1.165, 1.54) is 0 Å². The van der Waals surface area contributed by atoms with Crippen LogP contribution in [0.4, 0.5) is 0 Å². The van der Waals surface area contributed by atoms with Crippen molar-refractivity contribution in [1.29, 1.82) is 0 Å². The molecule has 1 aromatic carbocycles. The Morgan fingerprint density at radius 2 is 2.13 bits per heavy atom. The number of benzene rings is 1. The fourth-order valence-corrected chi connectivity index (χ4v) is 2.79. The van der Waals surface area contributed by atoms with Crippen molar-refractivity contribution in [2.75, 3.05) is 13.2 Å². The van der Waals surface area contributed by atoms with Crippen molar-refractivity contribution in [3.8, 4) is 5.75 Å². The van der Waals surface area contributed by atoms with E-state index >= 15 is 0 Å². The number of carbonyl (C=O) groups excluding carboxylic acids is 2. The van der Waals surface area contributed by atoms with Gasteiger partial charge < -0.3 is 20.1 Å². The molecule has 0 aliphatic carbocycles. The van der Waals surface area contributed by atoms with Crippen LogP contribution < -0.4 is 15.4 Å². The third-order valence-corrected chi connectivity index (χ3v) is 4.16. The molecule has 2 heterocycles. The van der Waals surface area contributed by atoms with Gasteiger partial charge in [-0.3, -0.25) is 9.59 Å². The molecular formula is C17H22N2O4. The molecule has 0 unspecified atom stereocenters. The van der Waals surface area contributed by atoms with Gasteiger partial charge in [0.2, 0.25) is 11.8 Å². The first-order valence-corrected chi connectivity index (χ1v) is 8.11. The van der Waals surface area contributed by atoms with Gasteiger partial charge in [-0.1, -0.05) is 12.1 Å². The molecule has 2 atom stereocenters. The average Bonchev–Trinajstić information content (AvgIpc) is 3.23. The van der Waals surface area contributed by atoms with Crippen LogP contribution in [0.1, 0.15) is 31.2 Å². The van der Waals surface area contributed by atoms with Crippen molar-refractivity contribution in [2.45, 2.75) is 44.4 Å². The number of rotatable bonds is 6. The van der Waals surface area contributed by atoms with E-state index in [1.807, 2.05) is 24.3 Å². The van der Waals surface area contributed by atoms with E-state index < -0.39 is 6.04 Å². The maximum absolute atomic E-state index is 11.9. The van der Waals surface area contributed by atoms with Gasteiger partial charge >= 0.3 is 0 Å². The fourth-order valence-electron chi connectivity index (χ4n) is 2.79. The van der Waals surface area contributed by atoms with Crippen molar-refractivity contribution in [2.24, 2.45) is 0 Å². The van der Waals surface area contributed by atoms with Gasteiger partial charge in [0.15, 0.2) is 0 Å². The van der Waals surface area contributed by atoms with E-state index in [-0.39, 0.29) is 17.9 Å². The van der Waals surface area contributed by atoms with Crippen LogP contribution in [0.15, 0.2) is 24.3 Å². The van der Waals surface area contributed by atoms with Crippen molar-refractivity contribution in [1.82, 2.24) is 10.6 Å². The van der Waals surface area contributed by atoms with Crippen molar-refractivity contribution in [3.05, 3.63) is 29.8 Å². The lowest BCUT2D eigenvalue weighted by Crippen LogP contribution is -2.41. The third kappa shape index (κ3) is 4.45. The van der Waals surface area contributed by atoms with Gasteiger partial charge in [-0.25, -0.2) is 0 Å². The van der Waals surface area contributed by atoms with E-state index in [1.54, 1.807) is 0 Å². The van der Waals surface area contributed by atoms with Crippen LogP contribution in [-0.2, 0) is 20.9 Å². The highest BCUT2D eigenvalue weighted by atomic mass is 16.5. The Morgan fingerprint density at radius 3 is 2.78 bits per heavy atom. The Bertz CT molecular complexity index is 552. The highest BCUT2D eigenvalue weighted by Crippen LogP contribution is 2.16. The quantitative estimate of drug-likeness (QED) is 0.824.